The summed E-state index contributed by atoms with van der Waals surface area (Å²) in [5.41, 5.74) is 4.91. The molecule has 1 aliphatic carbocycles. The van der Waals surface area contributed by atoms with Crippen molar-refractivity contribution in [3.8, 4) is 0 Å². The van der Waals surface area contributed by atoms with Crippen molar-refractivity contribution in [2.45, 2.75) is 25.3 Å². The highest BCUT2D eigenvalue weighted by Gasteiger charge is 2.39. The van der Waals surface area contributed by atoms with Crippen molar-refractivity contribution in [2.75, 3.05) is 12.4 Å². The van der Waals surface area contributed by atoms with Crippen LogP contribution in [-0.2, 0) is 4.74 Å². The lowest BCUT2D eigenvalue weighted by atomic mass is 9.76. The molecule has 0 saturated heterocycles. The minimum absolute atomic E-state index is 0.118. The third kappa shape index (κ3) is 2.54. The van der Waals surface area contributed by atoms with E-state index in [0.717, 1.165) is 28.3 Å². The Morgan fingerprint density at radius 3 is 2.76 bits per heavy atom. The van der Waals surface area contributed by atoms with Gasteiger partial charge in [0.15, 0.2) is 0 Å². The fourth-order valence-corrected chi connectivity index (χ4v) is 4.43. The van der Waals surface area contributed by atoms with Crippen molar-refractivity contribution < 1.29 is 9.53 Å². The van der Waals surface area contributed by atoms with Gasteiger partial charge in [0, 0.05) is 16.6 Å². The average molecular weight is 354 g/mol. The Morgan fingerprint density at radius 2 is 2.00 bits per heavy atom. The Labute approximate surface area is 152 Å². The molecule has 2 unspecified atom stereocenters. The number of halogens is 1. The second-order valence-corrected chi connectivity index (χ2v) is 7.10. The highest BCUT2D eigenvalue weighted by atomic mass is 35.5. The van der Waals surface area contributed by atoms with E-state index in [4.69, 9.17) is 16.3 Å². The van der Waals surface area contributed by atoms with E-state index >= 15 is 0 Å². The van der Waals surface area contributed by atoms with E-state index in [0.29, 0.717) is 17.4 Å². The Hall–Kier alpha value is -2.26. The lowest BCUT2D eigenvalue weighted by Gasteiger charge is -2.39. The van der Waals surface area contributed by atoms with Gasteiger partial charge in [-0.15, -0.1) is 0 Å². The molecule has 2 aliphatic rings. The number of anilines is 1. The van der Waals surface area contributed by atoms with Gasteiger partial charge in [-0.3, -0.25) is 0 Å². The van der Waals surface area contributed by atoms with E-state index < -0.39 is 0 Å². The molecule has 2 aromatic rings. The molecule has 1 N–H and O–H groups in total. The standard InChI is InChI=1S/C21H20ClNO2/c1-12-13(21(24)25-2)10-11-16-14-7-5-8-15(14)20(23-19(12)16)17-6-3-4-9-18(17)22/h3-7,9-11,14-15,20,23H,8H2,1-2H3/t14?,15?,20-/m0/s1. The molecule has 3 atom stereocenters. The first kappa shape index (κ1) is 16.2. The summed E-state index contributed by atoms with van der Waals surface area (Å²) in [6.45, 7) is 1.97. The number of nitrogens with one attached hydrogen (secondary N) is 1. The molecule has 0 aromatic heterocycles. The van der Waals surface area contributed by atoms with E-state index in [2.05, 4.69) is 29.6 Å². The quantitative estimate of drug-likeness (QED) is 0.591. The van der Waals surface area contributed by atoms with Gasteiger partial charge < -0.3 is 10.1 Å². The minimum atomic E-state index is -0.305. The zero-order valence-corrected chi connectivity index (χ0v) is 15.0. The van der Waals surface area contributed by atoms with Crippen LogP contribution in [0.5, 0.6) is 0 Å². The van der Waals surface area contributed by atoms with E-state index in [1.165, 1.54) is 12.7 Å². The summed E-state index contributed by atoms with van der Waals surface area (Å²) < 4.78 is 4.92. The van der Waals surface area contributed by atoms with Gasteiger partial charge in [0.25, 0.3) is 0 Å². The number of esters is 1. The van der Waals surface area contributed by atoms with Gasteiger partial charge in [-0.25, -0.2) is 4.79 Å². The highest BCUT2D eigenvalue weighted by Crippen LogP contribution is 2.51. The molecule has 128 valence electrons. The fourth-order valence-electron chi connectivity index (χ4n) is 4.18. The van der Waals surface area contributed by atoms with Crippen LogP contribution in [0.2, 0.25) is 5.02 Å². The number of methoxy groups -OCH3 is 1. The van der Waals surface area contributed by atoms with Gasteiger partial charge in [-0.2, -0.15) is 0 Å². The topological polar surface area (TPSA) is 38.3 Å². The van der Waals surface area contributed by atoms with Gasteiger partial charge in [0.1, 0.15) is 0 Å². The third-order valence-corrected chi connectivity index (χ3v) is 5.79. The maximum Gasteiger partial charge on any atom is 0.338 e. The highest BCUT2D eigenvalue weighted by molar-refractivity contribution is 6.31. The van der Waals surface area contributed by atoms with Crippen LogP contribution in [0.1, 0.15) is 45.4 Å². The zero-order chi connectivity index (χ0) is 17.6. The lowest BCUT2D eigenvalue weighted by molar-refractivity contribution is 0.0600. The molecule has 0 fully saturated rings. The van der Waals surface area contributed by atoms with Crippen LogP contribution in [0.4, 0.5) is 5.69 Å². The Morgan fingerprint density at radius 1 is 1.20 bits per heavy atom. The SMILES string of the molecule is COC(=O)c1ccc2c(c1C)N[C@H](c1ccccc1Cl)C1CC=CC21. The number of hydrogen-bond donors (Lipinski definition) is 1. The van der Waals surface area contributed by atoms with E-state index in [1.54, 1.807) is 0 Å². The summed E-state index contributed by atoms with van der Waals surface area (Å²) in [5.74, 6) is 0.458. The largest absolute Gasteiger partial charge is 0.465 e. The summed E-state index contributed by atoms with van der Waals surface area (Å²) in [6, 6.07) is 12.0. The molecule has 1 aliphatic heterocycles. The van der Waals surface area contributed by atoms with Gasteiger partial charge in [0.2, 0.25) is 0 Å². The van der Waals surface area contributed by atoms with Gasteiger partial charge >= 0.3 is 5.97 Å². The van der Waals surface area contributed by atoms with Crippen molar-refractivity contribution in [1.29, 1.82) is 0 Å². The number of ether oxygens (including phenoxy) is 1. The Kier molecular flexibility index (Phi) is 4.04. The average Bonchev–Trinajstić information content (AvgIpc) is 3.11. The maximum absolute atomic E-state index is 12.1. The third-order valence-electron chi connectivity index (χ3n) is 5.44. The van der Waals surface area contributed by atoms with Crippen molar-refractivity contribution in [2.24, 2.45) is 5.92 Å². The van der Waals surface area contributed by atoms with Crippen molar-refractivity contribution in [1.82, 2.24) is 0 Å². The molecular formula is C21H20ClNO2. The molecule has 25 heavy (non-hydrogen) atoms. The molecule has 1 heterocycles. The zero-order valence-electron chi connectivity index (χ0n) is 14.3. The number of fused-ring (bicyclic) bond motifs is 3. The number of benzene rings is 2. The first-order chi connectivity index (χ1) is 12.1. The Balaban J connectivity index is 1.85. The summed E-state index contributed by atoms with van der Waals surface area (Å²) >= 11 is 6.48. The molecule has 0 spiro atoms. The first-order valence-electron chi connectivity index (χ1n) is 8.51. The second-order valence-electron chi connectivity index (χ2n) is 6.69. The van der Waals surface area contributed by atoms with Crippen LogP contribution < -0.4 is 5.32 Å². The smallest absolute Gasteiger partial charge is 0.338 e. The molecule has 4 heteroatoms. The molecule has 4 rings (SSSR count). The van der Waals surface area contributed by atoms with Gasteiger partial charge in [-0.05, 0) is 48.1 Å². The molecule has 0 bridgehead atoms. The summed E-state index contributed by atoms with van der Waals surface area (Å²) in [5, 5.41) is 4.45. The number of rotatable bonds is 2. The number of carbonyl (C=O) groups is 1. The predicted molar refractivity (Wildman–Crippen MR) is 100 cm³/mol. The predicted octanol–water partition coefficient (Wildman–Crippen LogP) is 5.26. The van der Waals surface area contributed by atoms with E-state index in [-0.39, 0.29) is 12.0 Å². The van der Waals surface area contributed by atoms with Crippen LogP contribution >= 0.6 is 11.6 Å². The summed E-state index contributed by atoms with van der Waals surface area (Å²) in [7, 11) is 1.41. The lowest BCUT2D eigenvalue weighted by Crippen LogP contribution is -2.30. The summed E-state index contributed by atoms with van der Waals surface area (Å²) in [4.78, 5) is 12.1. The maximum atomic E-state index is 12.1. The van der Waals surface area contributed by atoms with Gasteiger partial charge in [0.05, 0.1) is 18.7 Å². The fraction of sp³-hybridized carbons (Fsp3) is 0.286. The normalized spacial score (nSPS) is 23.6. The van der Waals surface area contributed by atoms with E-state index in [1.807, 2.05) is 31.2 Å². The van der Waals surface area contributed by atoms with Crippen molar-refractivity contribution in [3.05, 3.63) is 75.8 Å². The Bertz CT molecular complexity index is 874. The minimum Gasteiger partial charge on any atom is -0.465 e. The van der Waals surface area contributed by atoms with Crippen molar-refractivity contribution in [3.63, 3.8) is 0 Å². The number of hydrogen-bond acceptors (Lipinski definition) is 3. The summed E-state index contributed by atoms with van der Waals surface area (Å²) in [6.07, 6.45) is 5.55. The van der Waals surface area contributed by atoms with E-state index in [9.17, 15) is 4.79 Å². The van der Waals surface area contributed by atoms with Crippen LogP contribution in [0.15, 0.2) is 48.6 Å². The number of carbonyl (C=O) groups excluding carboxylic acids is 1. The molecular weight excluding hydrogens is 334 g/mol. The van der Waals surface area contributed by atoms with Gasteiger partial charge in [-0.1, -0.05) is 48.0 Å². The molecule has 3 nitrogen and oxygen atoms in total. The monoisotopic (exact) mass is 353 g/mol. The first-order valence-corrected chi connectivity index (χ1v) is 8.89. The molecule has 2 aromatic carbocycles. The molecule has 0 amide bonds. The second kappa shape index (κ2) is 6.23. The number of allylic oxidation sites excluding steroid dienone is 2. The van der Waals surface area contributed by atoms with Crippen LogP contribution in [0, 0.1) is 12.8 Å². The van der Waals surface area contributed by atoms with Crippen LogP contribution in [-0.4, -0.2) is 13.1 Å². The molecule has 0 radical (unpaired) electrons. The van der Waals surface area contributed by atoms with Crippen LogP contribution in [0.25, 0.3) is 0 Å². The molecule has 0 saturated carbocycles. The van der Waals surface area contributed by atoms with Crippen LogP contribution in [0.3, 0.4) is 0 Å². The van der Waals surface area contributed by atoms with Crippen molar-refractivity contribution >= 4 is 23.3 Å².